The molecule has 1 aromatic carbocycles. The van der Waals surface area contributed by atoms with E-state index in [4.69, 9.17) is 9.47 Å². The van der Waals surface area contributed by atoms with E-state index >= 15 is 0 Å². The SMILES string of the molecule is CNc1cc(Nc2cccn(C3CCN(C(=O)COCCOCCc4ccc5c(c4)n(C)c(=O)n5C4CCC(=O)NC4=O)CC3)c2=O)nn2c(C(O)N[C@@H]3C[C@@H]3F)cnc12. The van der Waals surface area contributed by atoms with Crippen molar-refractivity contribution in [2.45, 2.75) is 69.1 Å². The van der Waals surface area contributed by atoms with E-state index in [1.165, 1.54) is 19.8 Å². The quantitative estimate of drug-likeness (QED) is 0.0541. The van der Waals surface area contributed by atoms with Gasteiger partial charge in [-0.1, -0.05) is 6.07 Å². The molecule has 5 N–H and O–H groups in total. The first-order valence-corrected chi connectivity index (χ1v) is 20.1. The van der Waals surface area contributed by atoms with Crippen molar-refractivity contribution >= 4 is 51.6 Å². The van der Waals surface area contributed by atoms with Gasteiger partial charge in [0, 0.05) is 58.0 Å². The van der Waals surface area contributed by atoms with Gasteiger partial charge in [0.1, 0.15) is 36.4 Å². The third-order valence-corrected chi connectivity index (χ3v) is 11.4. The Labute approximate surface area is 342 Å². The maximum absolute atomic E-state index is 13.7. The summed E-state index contributed by atoms with van der Waals surface area (Å²) in [7, 11) is 3.38. The van der Waals surface area contributed by atoms with Crippen molar-refractivity contribution in [2.24, 2.45) is 7.05 Å². The number of hydrogen-bond acceptors (Lipinski definition) is 13. The van der Waals surface area contributed by atoms with Gasteiger partial charge >= 0.3 is 5.69 Å². The van der Waals surface area contributed by atoms with Crippen LogP contribution in [0.3, 0.4) is 0 Å². The standard InChI is InChI=1S/C40H48FN11O8/c1-42-28-20-33(47-52-32(21-43-36(28)52)38(56)45-27-19-25(27)41)44-26-4-3-12-50(39(26)57)24-9-13-49(14-10-24)35(54)22-60-17-16-59-15-11-23-5-6-29-31(18-23)48(2)40(58)51(29)30-7-8-34(53)46-37(30)55/h3-6,12,18,20-21,24-25,27,30,38,42,45,56H,7-11,13-17,19,22H2,1-2H3,(H,44,47)(H,46,53,55)/t25-,27+,30?,38?/m0/s1. The maximum Gasteiger partial charge on any atom is 0.329 e. The number of nitrogens with one attached hydrogen (secondary N) is 4. The number of carbonyl (C=O) groups is 3. The highest BCUT2D eigenvalue weighted by Crippen LogP contribution is 2.30. The molecule has 5 aromatic rings. The molecule has 6 heterocycles. The number of amides is 3. The van der Waals surface area contributed by atoms with Crippen LogP contribution >= 0.6 is 0 Å². The summed E-state index contributed by atoms with van der Waals surface area (Å²) >= 11 is 0. The van der Waals surface area contributed by atoms with Gasteiger partial charge in [-0.2, -0.15) is 0 Å². The number of piperidine rings is 2. The van der Waals surface area contributed by atoms with Crippen molar-refractivity contribution in [3.63, 3.8) is 0 Å². The number of alkyl halides is 1. The van der Waals surface area contributed by atoms with Crippen molar-refractivity contribution in [3.05, 3.63) is 80.9 Å². The molecule has 0 radical (unpaired) electrons. The third kappa shape index (κ3) is 8.40. The van der Waals surface area contributed by atoms with Gasteiger partial charge in [-0.15, -0.1) is 5.10 Å². The molecule has 60 heavy (non-hydrogen) atoms. The zero-order valence-electron chi connectivity index (χ0n) is 33.3. The van der Waals surface area contributed by atoms with Gasteiger partial charge < -0.3 is 34.7 Å². The van der Waals surface area contributed by atoms with Gasteiger partial charge in [-0.25, -0.2) is 18.7 Å². The number of hydrogen-bond donors (Lipinski definition) is 5. The van der Waals surface area contributed by atoms with Crippen LogP contribution in [0.5, 0.6) is 0 Å². The number of imidazole rings is 2. The number of anilines is 3. The summed E-state index contributed by atoms with van der Waals surface area (Å²) < 4.78 is 30.9. The number of likely N-dealkylation sites (tertiary alicyclic amines) is 1. The molecule has 1 aliphatic carbocycles. The van der Waals surface area contributed by atoms with Crippen molar-refractivity contribution < 1.29 is 33.4 Å². The number of halogens is 1. The first-order valence-electron chi connectivity index (χ1n) is 20.1. The Morgan fingerprint density at radius 3 is 2.57 bits per heavy atom. The van der Waals surface area contributed by atoms with Gasteiger partial charge in [-0.05, 0) is 61.9 Å². The van der Waals surface area contributed by atoms with Crippen molar-refractivity contribution in [1.29, 1.82) is 0 Å². The second-order valence-electron chi connectivity index (χ2n) is 15.3. The zero-order valence-corrected chi connectivity index (χ0v) is 33.3. The van der Waals surface area contributed by atoms with Crippen LogP contribution in [0.1, 0.15) is 61.7 Å². The minimum atomic E-state index is -1.19. The number of ether oxygens (including phenoxy) is 2. The fourth-order valence-corrected chi connectivity index (χ4v) is 7.92. The number of aromatic nitrogens is 6. The first-order chi connectivity index (χ1) is 29.0. The Hall–Kier alpha value is -5.96. The topological polar surface area (TPSA) is 220 Å². The van der Waals surface area contributed by atoms with Gasteiger partial charge in [0.15, 0.2) is 11.5 Å². The second kappa shape index (κ2) is 17.3. The Morgan fingerprint density at radius 2 is 1.82 bits per heavy atom. The zero-order chi connectivity index (χ0) is 42.1. The van der Waals surface area contributed by atoms with Crippen LogP contribution in [0.4, 0.5) is 21.6 Å². The molecule has 8 rings (SSSR count). The minimum Gasteiger partial charge on any atom is -0.385 e. The van der Waals surface area contributed by atoms with Crippen LogP contribution < -0.4 is 32.5 Å². The third-order valence-electron chi connectivity index (χ3n) is 11.4. The predicted molar refractivity (Wildman–Crippen MR) is 217 cm³/mol. The van der Waals surface area contributed by atoms with Crippen LogP contribution in [0, 0.1) is 0 Å². The predicted octanol–water partition coefficient (Wildman–Crippen LogP) is 1.44. The Bertz CT molecular complexity index is 2540. The summed E-state index contributed by atoms with van der Waals surface area (Å²) in [5, 5.41) is 26.6. The van der Waals surface area contributed by atoms with Crippen LogP contribution in [-0.2, 0) is 37.3 Å². The molecule has 3 aliphatic rings. The highest BCUT2D eigenvalue weighted by Gasteiger charge is 2.39. The van der Waals surface area contributed by atoms with Gasteiger partial charge in [0.05, 0.1) is 42.7 Å². The average Bonchev–Trinajstić information content (AvgIpc) is 3.65. The number of fused-ring (bicyclic) bond motifs is 2. The number of aliphatic hydroxyl groups excluding tert-OH is 1. The van der Waals surface area contributed by atoms with Crippen LogP contribution in [0.2, 0.25) is 0 Å². The second-order valence-corrected chi connectivity index (χ2v) is 15.3. The van der Waals surface area contributed by atoms with E-state index in [2.05, 4.69) is 31.3 Å². The van der Waals surface area contributed by atoms with E-state index < -0.39 is 30.4 Å². The van der Waals surface area contributed by atoms with E-state index in [-0.39, 0.29) is 55.2 Å². The molecule has 0 bridgehead atoms. The van der Waals surface area contributed by atoms with Crippen LogP contribution in [0.25, 0.3) is 16.7 Å². The van der Waals surface area contributed by atoms with Crippen LogP contribution in [0.15, 0.2) is 58.4 Å². The molecule has 19 nitrogen and oxygen atoms in total. The number of carbonyl (C=O) groups excluding carboxylic acids is 3. The Morgan fingerprint density at radius 1 is 1.03 bits per heavy atom. The van der Waals surface area contributed by atoms with Crippen molar-refractivity contribution in [3.8, 4) is 0 Å². The summed E-state index contributed by atoms with van der Waals surface area (Å²) in [5.41, 5.74) is 3.37. The fraction of sp³-hybridized carbons (Fsp3) is 0.475. The Balaban J connectivity index is 0.782. The summed E-state index contributed by atoms with van der Waals surface area (Å²) in [5.74, 6) is -0.615. The lowest BCUT2D eigenvalue weighted by Crippen LogP contribution is -2.44. The number of aryl methyl sites for hydroxylation is 1. The van der Waals surface area contributed by atoms with Gasteiger partial charge in [0.2, 0.25) is 17.7 Å². The smallest absolute Gasteiger partial charge is 0.329 e. The molecule has 0 spiro atoms. The molecule has 2 saturated heterocycles. The molecular formula is C40H48FN11O8. The van der Waals surface area contributed by atoms with Crippen molar-refractivity contribution in [2.75, 3.05) is 57.2 Å². The number of aliphatic hydroxyl groups is 1. The van der Waals surface area contributed by atoms with Crippen molar-refractivity contribution in [1.82, 2.24) is 43.8 Å². The normalized spacial score (nSPS) is 20.1. The highest BCUT2D eigenvalue weighted by atomic mass is 19.1. The Kier molecular flexibility index (Phi) is 11.8. The lowest BCUT2D eigenvalue weighted by Gasteiger charge is -2.33. The largest absolute Gasteiger partial charge is 0.385 e. The lowest BCUT2D eigenvalue weighted by molar-refractivity contribution is -0.138. The van der Waals surface area contributed by atoms with E-state index in [1.807, 2.05) is 18.2 Å². The molecule has 1 saturated carbocycles. The molecule has 4 aromatic heterocycles. The fourth-order valence-electron chi connectivity index (χ4n) is 7.92. The lowest BCUT2D eigenvalue weighted by atomic mass is 10.0. The molecule has 2 unspecified atom stereocenters. The molecular weight excluding hydrogens is 782 g/mol. The van der Waals surface area contributed by atoms with Gasteiger partial charge in [0.25, 0.3) is 5.56 Å². The number of rotatable bonds is 16. The van der Waals surface area contributed by atoms with E-state index in [0.717, 1.165) is 5.56 Å². The average molecular weight is 830 g/mol. The van der Waals surface area contributed by atoms with E-state index in [0.29, 0.717) is 91.6 Å². The summed E-state index contributed by atoms with van der Waals surface area (Å²) in [6, 6.07) is 9.46. The maximum atomic E-state index is 13.7. The molecule has 318 valence electrons. The summed E-state index contributed by atoms with van der Waals surface area (Å²) in [6.07, 6.45) is 3.55. The first kappa shape index (κ1) is 40.8. The number of imide groups is 1. The number of nitrogens with zero attached hydrogens (tertiary/aromatic N) is 7. The monoisotopic (exact) mass is 829 g/mol. The summed E-state index contributed by atoms with van der Waals surface area (Å²) in [4.78, 5) is 69.9. The highest BCUT2D eigenvalue weighted by molar-refractivity contribution is 6.00. The molecule has 3 fully saturated rings. The molecule has 4 atom stereocenters. The van der Waals surface area contributed by atoms with Gasteiger partial charge in [-0.3, -0.25) is 38.9 Å². The van der Waals surface area contributed by atoms with Crippen LogP contribution in [-0.4, -0.2) is 115 Å². The number of pyridine rings is 1. The minimum absolute atomic E-state index is 0.0864. The molecule has 2 aliphatic heterocycles. The number of benzene rings is 1. The van der Waals surface area contributed by atoms with E-state index in [9.17, 15) is 33.5 Å². The molecule has 3 amide bonds. The molecule has 20 heteroatoms. The summed E-state index contributed by atoms with van der Waals surface area (Å²) in [6.45, 7) is 1.77. The van der Waals surface area contributed by atoms with E-state index in [1.54, 1.807) is 48.0 Å².